The van der Waals surface area contributed by atoms with E-state index in [0.717, 1.165) is 0 Å². The molecule has 0 aliphatic rings. The van der Waals surface area contributed by atoms with Crippen molar-refractivity contribution in [2.24, 2.45) is 0 Å². The molecule has 2 N–H and O–H groups in total. The number of hydrogen-bond acceptors (Lipinski definition) is 5. The first-order chi connectivity index (χ1) is 9.58. The molecule has 0 aliphatic heterocycles. The summed E-state index contributed by atoms with van der Waals surface area (Å²) in [6.07, 6.45) is 3.85. The molecular formula is C12H14N4O3S. The number of nitrogens with zero attached hydrogens (tertiary/aromatic N) is 3. The monoisotopic (exact) mass is 294 g/mol. The van der Waals surface area contributed by atoms with E-state index in [9.17, 15) is 9.59 Å². The van der Waals surface area contributed by atoms with Gasteiger partial charge in [-0.2, -0.15) is 5.10 Å². The molecule has 0 fully saturated rings. The maximum atomic E-state index is 11.9. The topological polar surface area (TPSA) is 97.1 Å². The molecule has 1 amide bonds. The molecule has 20 heavy (non-hydrogen) atoms. The average Bonchev–Trinajstić information content (AvgIpc) is 3.08. The van der Waals surface area contributed by atoms with Crippen LogP contribution in [0.4, 0.5) is 0 Å². The zero-order valence-corrected chi connectivity index (χ0v) is 11.6. The molecule has 0 saturated heterocycles. The summed E-state index contributed by atoms with van der Waals surface area (Å²) in [5, 5.41) is 17.7. The lowest BCUT2D eigenvalue weighted by atomic mass is 10.3. The number of carboxylic acids is 1. The molecule has 1 unspecified atom stereocenters. The van der Waals surface area contributed by atoms with Crippen LogP contribution in [0.15, 0.2) is 23.8 Å². The Balaban J connectivity index is 1.80. The Morgan fingerprint density at radius 2 is 2.35 bits per heavy atom. The molecule has 8 heteroatoms. The van der Waals surface area contributed by atoms with E-state index >= 15 is 0 Å². The van der Waals surface area contributed by atoms with Gasteiger partial charge in [0.2, 0.25) is 5.91 Å². The van der Waals surface area contributed by atoms with E-state index in [0.29, 0.717) is 18.0 Å². The molecule has 0 aromatic carbocycles. The zero-order chi connectivity index (χ0) is 14.5. The minimum absolute atomic E-state index is 0.0428. The van der Waals surface area contributed by atoms with Gasteiger partial charge in [0.05, 0.1) is 5.01 Å². The van der Waals surface area contributed by atoms with Crippen molar-refractivity contribution < 1.29 is 14.7 Å². The predicted molar refractivity (Wildman–Crippen MR) is 72.7 cm³/mol. The maximum absolute atomic E-state index is 11.9. The molecular weight excluding hydrogens is 280 g/mol. The Bertz CT molecular complexity index is 594. The van der Waals surface area contributed by atoms with Crippen molar-refractivity contribution in [2.75, 3.05) is 6.54 Å². The molecule has 0 bridgehead atoms. The average molecular weight is 294 g/mol. The fourth-order valence-corrected chi connectivity index (χ4v) is 2.37. The summed E-state index contributed by atoms with van der Waals surface area (Å²) in [7, 11) is 0. The van der Waals surface area contributed by atoms with Gasteiger partial charge < -0.3 is 10.4 Å². The number of carbonyl (C=O) groups is 2. The van der Waals surface area contributed by atoms with Crippen molar-refractivity contribution in [3.05, 3.63) is 34.5 Å². The third-order valence-electron chi connectivity index (χ3n) is 2.71. The highest BCUT2D eigenvalue weighted by Gasteiger charge is 2.14. The van der Waals surface area contributed by atoms with Gasteiger partial charge in [0, 0.05) is 30.7 Å². The van der Waals surface area contributed by atoms with E-state index in [1.807, 2.05) is 0 Å². The summed E-state index contributed by atoms with van der Waals surface area (Å²) in [5.74, 6) is -1.17. The van der Waals surface area contributed by atoms with Gasteiger partial charge in [0.25, 0.3) is 0 Å². The number of carbonyl (C=O) groups excluding carboxylic acids is 1. The molecule has 2 rings (SSSR count). The zero-order valence-electron chi connectivity index (χ0n) is 10.8. The molecule has 106 valence electrons. The van der Waals surface area contributed by atoms with Crippen LogP contribution in [0.25, 0.3) is 0 Å². The first-order valence-corrected chi connectivity index (χ1v) is 6.90. The maximum Gasteiger partial charge on any atom is 0.355 e. The SMILES string of the molecule is CC(C(=O)NCCc1nc(C(=O)O)cs1)n1cccn1. The van der Waals surface area contributed by atoms with Crippen LogP contribution in [0.5, 0.6) is 0 Å². The van der Waals surface area contributed by atoms with Crippen molar-refractivity contribution >= 4 is 23.2 Å². The first-order valence-electron chi connectivity index (χ1n) is 6.02. The largest absolute Gasteiger partial charge is 0.476 e. The summed E-state index contributed by atoms with van der Waals surface area (Å²) < 4.78 is 1.57. The van der Waals surface area contributed by atoms with Crippen LogP contribution in [-0.2, 0) is 11.2 Å². The normalized spacial score (nSPS) is 12.1. The first kappa shape index (κ1) is 14.2. The van der Waals surface area contributed by atoms with E-state index in [-0.39, 0.29) is 17.6 Å². The van der Waals surface area contributed by atoms with Crippen molar-refractivity contribution in [3.63, 3.8) is 0 Å². The minimum atomic E-state index is -1.04. The fraction of sp³-hybridized carbons (Fsp3) is 0.333. The second-order valence-corrected chi connectivity index (χ2v) is 5.08. The number of carboxylic acid groups (broad SMARTS) is 1. The third kappa shape index (κ3) is 3.41. The molecule has 2 aromatic rings. The number of hydrogen-bond donors (Lipinski definition) is 2. The van der Waals surface area contributed by atoms with E-state index < -0.39 is 5.97 Å². The second kappa shape index (κ2) is 6.29. The van der Waals surface area contributed by atoms with Gasteiger partial charge >= 0.3 is 5.97 Å². The number of aromatic carboxylic acids is 1. The number of nitrogens with one attached hydrogen (secondary N) is 1. The van der Waals surface area contributed by atoms with Gasteiger partial charge in [-0.15, -0.1) is 11.3 Å². The highest BCUT2D eigenvalue weighted by molar-refractivity contribution is 7.09. The summed E-state index contributed by atoms with van der Waals surface area (Å²) in [5.41, 5.74) is 0.0428. The van der Waals surface area contributed by atoms with Gasteiger partial charge in [-0.3, -0.25) is 9.48 Å². The predicted octanol–water partition coefficient (Wildman–Crippen LogP) is 0.958. The number of rotatable bonds is 6. The second-order valence-electron chi connectivity index (χ2n) is 4.13. The molecule has 2 aromatic heterocycles. The summed E-state index contributed by atoms with van der Waals surface area (Å²) in [6.45, 7) is 2.17. The van der Waals surface area contributed by atoms with Crippen LogP contribution >= 0.6 is 11.3 Å². The summed E-state index contributed by atoms with van der Waals surface area (Å²) in [4.78, 5) is 26.5. The molecule has 0 aliphatic carbocycles. The van der Waals surface area contributed by atoms with Gasteiger partial charge in [-0.25, -0.2) is 9.78 Å². The Morgan fingerprint density at radius 3 is 2.95 bits per heavy atom. The standard InChI is InChI=1S/C12H14N4O3S/c1-8(16-6-2-4-14-16)11(17)13-5-3-10-15-9(7-20-10)12(18)19/h2,4,6-8H,3,5H2,1H3,(H,13,17)(H,18,19). The van der Waals surface area contributed by atoms with E-state index in [4.69, 9.17) is 5.11 Å². The number of amides is 1. The highest BCUT2D eigenvalue weighted by atomic mass is 32.1. The molecule has 1 atom stereocenters. The lowest BCUT2D eigenvalue weighted by Gasteiger charge is -2.11. The Labute approximate surface area is 119 Å². The summed E-state index contributed by atoms with van der Waals surface area (Å²) >= 11 is 1.27. The lowest BCUT2D eigenvalue weighted by molar-refractivity contribution is -0.124. The Kier molecular flexibility index (Phi) is 4.46. The van der Waals surface area contributed by atoms with Crippen LogP contribution in [0.1, 0.15) is 28.5 Å². The van der Waals surface area contributed by atoms with Gasteiger partial charge in [0.15, 0.2) is 5.69 Å². The molecule has 0 saturated carbocycles. The minimum Gasteiger partial charge on any atom is -0.476 e. The number of aromatic nitrogens is 3. The van der Waals surface area contributed by atoms with Gasteiger partial charge in [0.1, 0.15) is 6.04 Å². The molecule has 7 nitrogen and oxygen atoms in total. The quantitative estimate of drug-likeness (QED) is 0.827. The molecule has 2 heterocycles. The van der Waals surface area contributed by atoms with Crippen molar-refractivity contribution in [1.29, 1.82) is 0 Å². The van der Waals surface area contributed by atoms with Crippen LogP contribution in [0.2, 0.25) is 0 Å². The Hall–Kier alpha value is -2.22. The lowest BCUT2D eigenvalue weighted by Crippen LogP contribution is -2.32. The van der Waals surface area contributed by atoms with E-state index in [2.05, 4.69) is 15.4 Å². The van der Waals surface area contributed by atoms with Crippen LogP contribution < -0.4 is 5.32 Å². The van der Waals surface area contributed by atoms with E-state index in [1.54, 1.807) is 30.1 Å². The number of thiazole rings is 1. The van der Waals surface area contributed by atoms with Crippen molar-refractivity contribution in [2.45, 2.75) is 19.4 Å². The fourth-order valence-electron chi connectivity index (χ4n) is 1.59. The highest BCUT2D eigenvalue weighted by Crippen LogP contribution is 2.10. The van der Waals surface area contributed by atoms with Gasteiger partial charge in [-0.05, 0) is 13.0 Å². The van der Waals surface area contributed by atoms with Crippen LogP contribution in [-0.4, -0.2) is 38.3 Å². The van der Waals surface area contributed by atoms with Crippen molar-refractivity contribution in [1.82, 2.24) is 20.1 Å². The molecule has 0 radical (unpaired) electrons. The Morgan fingerprint density at radius 1 is 1.55 bits per heavy atom. The third-order valence-corrected chi connectivity index (χ3v) is 3.62. The molecule has 0 spiro atoms. The van der Waals surface area contributed by atoms with Crippen molar-refractivity contribution in [3.8, 4) is 0 Å². The van der Waals surface area contributed by atoms with Crippen LogP contribution in [0.3, 0.4) is 0 Å². The van der Waals surface area contributed by atoms with Crippen LogP contribution in [0, 0.1) is 0 Å². The van der Waals surface area contributed by atoms with Gasteiger partial charge in [-0.1, -0.05) is 0 Å². The van der Waals surface area contributed by atoms with E-state index in [1.165, 1.54) is 16.7 Å². The smallest absolute Gasteiger partial charge is 0.355 e. The summed E-state index contributed by atoms with van der Waals surface area (Å²) in [6, 6.07) is 1.38.